The summed E-state index contributed by atoms with van der Waals surface area (Å²) < 4.78 is 113. The minimum Gasteiger partial charge on any atom is -0.385 e. The lowest BCUT2D eigenvalue weighted by molar-refractivity contribution is -0.374. The van der Waals surface area contributed by atoms with Gasteiger partial charge in [-0.3, -0.25) is 0 Å². The molecule has 4 saturated heterocycles. The highest BCUT2D eigenvalue weighted by Gasteiger charge is 2.66. The Bertz CT molecular complexity index is 4700. The van der Waals surface area contributed by atoms with Gasteiger partial charge >= 0.3 is 0 Å². The van der Waals surface area contributed by atoms with Crippen LogP contribution >= 0.6 is 0 Å². The van der Waals surface area contributed by atoms with Gasteiger partial charge in [-0.1, -0.05) is 312 Å². The van der Waals surface area contributed by atoms with E-state index in [2.05, 4.69) is 119 Å². The van der Waals surface area contributed by atoms with Gasteiger partial charge in [0.25, 0.3) is 0 Å². The highest BCUT2D eigenvalue weighted by atomic mass is 16.8. The van der Waals surface area contributed by atoms with Crippen molar-refractivity contribution in [2.45, 2.75) is 262 Å². The van der Waals surface area contributed by atoms with Gasteiger partial charge in [0.1, 0.15) is 67.1 Å². The second-order valence-electron chi connectivity index (χ2n) is 36.9. The molecule has 17 nitrogen and oxygen atoms in total. The zero-order chi connectivity index (χ0) is 85.3. The summed E-state index contributed by atoms with van der Waals surface area (Å²) in [5.74, 6) is 2.74. The number of fused-ring (bicyclic) bond motifs is 7. The van der Waals surface area contributed by atoms with Crippen LogP contribution in [0.2, 0.25) is 0 Å². The van der Waals surface area contributed by atoms with E-state index in [0.29, 0.717) is 75.8 Å². The number of hydrogen-bond acceptors (Lipinski definition) is 17. The average molecular weight is 1700 g/mol. The van der Waals surface area contributed by atoms with Gasteiger partial charge in [-0.2, -0.15) is 0 Å². The average Bonchev–Trinajstić information content (AvgIpc) is 1.56. The standard InChI is InChI=1S/C108H128O17/c1-73(61-119-105-102(117-69-83-47-29-13-30-48-83)101(116-68-82-45-27-12-28-46-82)97(113-65-79-39-21-9-22-40-79)92(124-105)71-110-62-76-33-15-6-16-34-76)51-54-90-74(2)94-91(122-90)60-89-87-53-52-85-59-86(55-57-107(85,4)88(87)56-58-108(89,94)5)121-104-95(109)99(114-66-80-41-23-10-24-42-80)98(93(123-104)72-111-63-77-35-17-7-18-36-77)125-106-103(118-70-84-49-31-14-32-50-84)100(115-67-81-43-25-11-26-44-81)96(75(3)120-106)112-64-78-37-19-8-20-38-78/h6-50,52,73-75,86-106,109H,51,53-72H2,1-5H3/t73-,74-,75+,86+,87-,88+,89+,90-,91+,92-,93-,94+,95-,96+,97-,98-,99-,100-,101+,102-,103-,104-,105-,106+,107+,108+/m1/s1. The summed E-state index contributed by atoms with van der Waals surface area (Å²) in [4.78, 5) is 0. The topological polar surface area (TPSA) is 168 Å². The van der Waals surface area contributed by atoms with Crippen LogP contribution < -0.4 is 0 Å². The lowest BCUT2D eigenvalue weighted by atomic mass is 9.47. The predicted molar refractivity (Wildman–Crippen MR) is 477 cm³/mol. The van der Waals surface area contributed by atoms with E-state index in [4.69, 9.17) is 75.8 Å². The minimum absolute atomic E-state index is 0.00136. The summed E-state index contributed by atoms with van der Waals surface area (Å²) in [6.45, 7) is 15.6. The van der Waals surface area contributed by atoms with Crippen molar-refractivity contribution >= 4 is 0 Å². The van der Waals surface area contributed by atoms with Crippen molar-refractivity contribution in [3.8, 4) is 0 Å². The molecular weight excluding hydrogens is 1570 g/mol. The molecule has 17 heteroatoms. The molecule has 26 atom stereocenters. The van der Waals surface area contributed by atoms with E-state index in [0.717, 1.165) is 95.0 Å². The zero-order valence-corrected chi connectivity index (χ0v) is 73.2. The van der Waals surface area contributed by atoms with Crippen LogP contribution in [0.1, 0.15) is 142 Å². The van der Waals surface area contributed by atoms with Crippen molar-refractivity contribution in [1.29, 1.82) is 0 Å². The maximum absolute atomic E-state index is 13.2. The second kappa shape index (κ2) is 43.0. The fraction of sp³-hybridized carbons (Fsp3) is 0.481. The number of ether oxygens (including phenoxy) is 16. The fourth-order valence-corrected chi connectivity index (χ4v) is 21.9. The van der Waals surface area contributed by atoms with Crippen molar-refractivity contribution in [3.63, 3.8) is 0 Å². The third kappa shape index (κ3) is 22.0. The molecule has 4 aliphatic carbocycles. The summed E-state index contributed by atoms with van der Waals surface area (Å²) in [5.41, 5.74) is 10.8. The molecule has 7 fully saturated rings. The first kappa shape index (κ1) is 89.0. The van der Waals surface area contributed by atoms with Crippen LogP contribution in [0.5, 0.6) is 0 Å². The Labute approximate surface area is 739 Å². The van der Waals surface area contributed by atoms with Gasteiger partial charge in [0.15, 0.2) is 18.9 Å². The van der Waals surface area contributed by atoms with Crippen LogP contribution in [-0.4, -0.2) is 135 Å². The molecule has 0 spiro atoms. The first-order chi connectivity index (χ1) is 61.3. The second-order valence-corrected chi connectivity index (χ2v) is 36.9. The van der Waals surface area contributed by atoms with Gasteiger partial charge < -0.3 is 80.9 Å². The molecule has 9 aromatic carbocycles. The van der Waals surface area contributed by atoms with Crippen molar-refractivity contribution in [2.75, 3.05) is 19.8 Å². The molecule has 1 N–H and O–H groups in total. The molecule has 4 heterocycles. The first-order valence-electron chi connectivity index (χ1n) is 46.1. The van der Waals surface area contributed by atoms with E-state index in [9.17, 15) is 5.11 Å². The number of hydrogen-bond donors (Lipinski definition) is 1. The molecule has 0 bridgehead atoms. The van der Waals surface area contributed by atoms with Gasteiger partial charge in [-0.15, -0.1) is 0 Å². The molecule has 0 unspecified atom stereocenters. The van der Waals surface area contributed by atoms with E-state index in [1.807, 2.05) is 195 Å². The van der Waals surface area contributed by atoms with Crippen molar-refractivity contribution < 1.29 is 80.9 Å². The third-order valence-corrected chi connectivity index (χ3v) is 28.5. The van der Waals surface area contributed by atoms with Gasteiger partial charge in [0.2, 0.25) is 0 Å². The van der Waals surface area contributed by atoms with Crippen molar-refractivity contribution in [3.05, 3.63) is 335 Å². The smallest absolute Gasteiger partial charge is 0.187 e. The maximum Gasteiger partial charge on any atom is 0.187 e. The van der Waals surface area contributed by atoms with E-state index in [-0.39, 0.29) is 68.1 Å². The van der Waals surface area contributed by atoms with Crippen LogP contribution in [0.3, 0.4) is 0 Å². The molecule has 8 aliphatic rings. The SMILES string of the molecule is C[C@H](CC[C@H]1O[C@H]2C[C@H]3[C@@H]4CC=C5C[C@@H](O[C@@H]6O[C@H](COCc7ccccc7)[C@@H](O[C@@H]7O[C@@H](C)[C@H](OCc8ccccc8)[C@@H](OCc8ccccc8)[C@H]7OCc7ccccc7)[C@H](OCc7ccccc7)[C@H]6O)CC[C@]5(C)[C@H]4CC[C@]3(C)[C@H]2[C@@H]1C)CO[C@@H]1O[C@H](COCc2ccccc2)[C@@H](OCc2ccccc2)[C@H](OCc2ccccc2)[C@H]1OCc1ccccc1. The maximum atomic E-state index is 13.2. The van der Waals surface area contributed by atoms with Crippen molar-refractivity contribution in [1.82, 2.24) is 0 Å². The van der Waals surface area contributed by atoms with Gasteiger partial charge in [0, 0.05) is 0 Å². The van der Waals surface area contributed by atoms with Gasteiger partial charge in [-0.25, -0.2) is 0 Å². The summed E-state index contributed by atoms with van der Waals surface area (Å²) in [6.07, 6.45) is -0.336. The van der Waals surface area contributed by atoms with Gasteiger partial charge in [0.05, 0.1) is 104 Å². The minimum atomic E-state index is -1.30. The number of benzene rings is 9. The normalized spacial score (nSPS) is 32.7. The van der Waals surface area contributed by atoms with Crippen molar-refractivity contribution in [2.24, 2.45) is 46.3 Å². The highest BCUT2D eigenvalue weighted by molar-refractivity contribution is 5.28. The number of aliphatic hydroxyl groups is 1. The molecular formula is C108H128O17. The molecule has 17 rings (SSSR count). The largest absolute Gasteiger partial charge is 0.385 e. The predicted octanol–water partition coefficient (Wildman–Crippen LogP) is 19.9. The number of allylic oxidation sites excluding steroid dienone is 1. The van der Waals surface area contributed by atoms with Crippen LogP contribution in [0.4, 0.5) is 0 Å². The highest BCUT2D eigenvalue weighted by Crippen LogP contribution is 2.69. The van der Waals surface area contributed by atoms with Gasteiger partial charge in [-0.05, 0) is 161 Å². The monoisotopic (exact) mass is 1700 g/mol. The Morgan fingerprint density at radius 1 is 0.384 bits per heavy atom. The molecule has 9 aromatic rings. The Morgan fingerprint density at radius 3 is 1.26 bits per heavy atom. The molecule has 4 aliphatic heterocycles. The van der Waals surface area contributed by atoms with Crippen LogP contribution in [-0.2, 0) is 135 Å². The molecule has 3 saturated carbocycles. The molecule has 125 heavy (non-hydrogen) atoms. The molecule has 0 amide bonds. The van der Waals surface area contributed by atoms with Crippen LogP contribution in [0, 0.1) is 46.3 Å². The lowest BCUT2D eigenvalue weighted by Gasteiger charge is -2.58. The number of rotatable bonds is 39. The summed E-state index contributed by atoms with van der Waals surface area (Å²) >= 11 is 0. The van der Waals surface area contributed by atoms with E-state index >= 15 is 0 Å². The van der Waals surface area contributed by atoms with E-state index in [1.54, 1.807) is 0 Å². The number of aliphatic hydroxyl groups excluding tert-OH is 1. The Morgan fingerprint density at radius 2 is 0.784 bits per heavy atom. The Balaban J connectivity index is 0.567. The van der Waals surface area contributed by atoms with Crippen LogP contribution in [0.25, 0.3) is 0 Å². The quantitative estimate of drug-likeness (QED) is 0.0361. The molecule has 0 radical (unpaired) electrons. The lowest BCUT2D eigenvalue weighted by Crippen LogP contribution is -2.65. The van der Waals surface area contributed by atoms with Crippen LogP contribution in [0.15, 0.2) is 285 Å². The third-order valence-electron chi connectivity index (χ3n) is 28.5. The Hall–Kier alpha value is -7.96. The summed E-state index contributed by atoms with van der Waals surface area (Å²) in [6, 6.07) is 91.6. The first-order valence-corrected chi connectivity index (χ1v) is 46.1. The molecule has 0 aromatic heterocycles. The van der Waals surface area contributed by atoms with E-state index < -0.39 is 92.1 Å². The van der Waals surface area contributed by atoms with E-state index in [1.165, 1.54) is 18.4 Å². The summed E-state index contributed by atoms with van der Waals surface area (Å²) in [5, 5.41) is 13.2. The zero-order valence-electron chi connectivity index (χ0n) is 73.2. The molecule has 662 valence electrons. The Kier molecular flexibility index (Phi) is 30.6. The fourth-order valence-electron chi connectivity index (χ4n) is 21.9. The summed E-state index contributed by atoms with van der Waals surface area (Å²) in [7, 11) is 0.